The van der Waals surface area contributed by atoms with Gasteiger partial charge in [-0.25, -0.2) is 0 Å². The molecule has 102 valence electrons. The Labute approximate surface area is 108 Å². The molecule has 2 atom stereocenters. The Balaban J connectivity index is 1.89. The first kappa shape index (κ1) is 13.3. The van der Waals surface area contributed by atoms with Gasteiger partial charge in [0.05, 0.1) is 6.10 Å². The van der Waals surface area contributed by atoms with E-state index < -0.39 is 0 Å². The molecule has 6 nitrogen and oxygen atoms in total. The van der Waals surface area contributed by atoms with Gasteiger partial charge in [-0.05, 0) is 20.3 Å². The average Bonchev–Trinajstić information content (AvgIpc) is 2.84. The molecule has 2 heterocycles. The number of aromatic nitrogens is 3. The summed E-state index contributed by atoms with van der Waals surface area (Å²) in [5.41, 5.74) is 0. The Morgan fingerprint density at radius 1 is 1.56 bits per heavy atom. The molecule has 1 unspecified atom stereocenters. The second-order valence-electron chi connectivity index (χ2n) is 4.97. The van der Waals surface area contributed by atoms with Gasteiger partial charge >= 0.3 is 0 Å². The lowest BCUT2D eigenvalue weighted by atomic mass is 10.2. The smallest absolute Gasteiger partial charge is 0.244 e. The van der Waals surface area contributed by atoms with Gasteiger partial charge in [0.25, 0.3) is 0 Å². The molecule has 0 radical (unpaired) electrons. The molecule has 2 rings (SSSR count). The third kappa shape index (κ3) is 3.43. The van der Waals surface area contributed by atoms with E-state index in [1.54, 1.807) is 7.11 Å². The number of aromatic amines is 1. The van der Waals surface area contributed by atoms with E-state index >= 15 is 0 Å². The van der Waals surface area contributed by atoms with E-state index in [0.717, 1.165) is 44.2 Å². The van der Waals surface area contributed by atoms with E-state index in [1.165, 1.54) is 0 Å². The van der Waals surface area contributed by atoms with Crippen molar-refractivity contribution in [2.45, 2.75) is 38.8 Å². The molecule has 0 aliphatic carbocycles. The predicted octanol–water partition coefficient (Wildman–Crippen LogP) is 0.570. The molecule has 1 aliphatic heterocycles. The summed E-state index contributed by atoms with van der Waals surface area (Å²) in [7, 11) is 1.73. The van der Waals surface area contributed by atoms with Crippen molar-refractivity contribution in [2.24, 2.45) is 0 Å². The Kier molecular flexibility index (Phi) is 4.54. The van der Waals surface area contributed by atoms with Crippen LogP contribution in [0, 0.1) is 0 Å². The fourth-order valence-corrected chi connectivity index (χ4v) is 2.11. The van der Waals surface area contributed by atoms with Crippen LogP contribution >= 0.6 is 0 Å². The number of hydrogen-bond acceptors (Lipinski definition) is 5. The number of aryl methyl sites for hydroxylation is 1. The SMILES string of the molecule is COC(C)CCc1nc(N2CCN[C@H](C)C2)n[nH]1. The standard InChI is InChI=1S/C12H23N5O/c1-9-8-17(7-6-13-9)12-14-11(15-16-12)5-4-10(2)18-3/h9-10,13H,4-8H2,1-3H3,(H,14,15,16)/t9-,10?/m1/s1. The lowest BCUT2D eigenvalue weighted by Crippen LogP contribution is -2.49. The van der Waals surface area contributed by atoms with Crippen LogP contribution in [0.3, 0.4) is 0 Å². The van der Waals surface area contributed by atoms with Crippen molar-refractivity contribution in [3.63, 3.8) is 0 Å². The van der Waals surface area contributed by atoms with E-state index in [2.05, 4.69) is 39.2 Å². The van der Waals surface area contributed by atoms with Crippen molar-refractivity contribution >= 4 is 5.95 Å². The van der Waals surface area contributed by atoms with Gasteiger partial charge in [-0.1, -0.05) is 0 Å². The fraction of sp³-hybridized carbons (Fsp3) is 0.833. The zero-order valence-electron chi connectivity index (χ0n) is 11.4. The van der Waals surface area contributed by atoms with Gasteiger partial charge in [0, 0.05) is 39.2 Å². The Bertz CT molecular complexity index is 367. The number of piperazine rings is 1. The zero-order chi connectivity index (χ0) is 13.0. The predicted molar refractivity (Wildman–Crippen MR) is 70.9 cm³/mol. The van der Waals surface area contributed by atoms with Crippen molar-refractivity contribution in [2.75, 3.05) is 31.6 Å². The summed E-state index contributed by atoms with van der Waals surface area (Å²) in [6.45, 7) is 7.17. The maximum absolute atomic E-state index is 5.23. The molecule has 1 saturated heterocycles. The van der Waals surface area contributed by atoms with Crippen LogP contribution in [-0.2, 0) is 11.2 Å². The molecular formula is C12H23N5O. The van der Waals surface area contributed by atoms with Crippen molar-refractivity contribution in [1.29, 1.82) is 0 Å². The first-order valence-corrected chi connectivity index (χ1v) is 6.61. The summed E-state index contributed by atoms with van der Waals surface area (Å²) in [6, 6.07) is 0.495. The number of rotatable bonds is 5. The van der Waals surface area contributed by atoms with Gasteiger partial charge in [0.1, 0.15) is 5.82 Å². The quantitative estimate of drug-likeness (QED) is 0.803. The molecule has 6 heteroatoms. The molecule has 0 aromatic carbocycles. The largest absolute Gasteiger partial charge is 0.382 e. The first-order valence-electron chi connectivity index (χ1n) is 6.61. The molecule has 1 aromatic rings. The molecule has 0 bridgehead atoms. The molecule has 1 aliphatic rings. The molecule has 0 spiro atoms. The summed E-state index contributed by atoms with van der Waals surface area (Å²) >= 11 is 0. The van der Waals surface area contributed by atoms with Crippen LogP contribution in [-0.4, -0.2) is 54.1 Å². The van der Waals surface area contributed by atoms with E-state index in [0.29, 0.717) is 6.04 Å². The summed E-state index contributed by atoms with van der Waals surface area (Å²) in [5.74, 6) is 1.77. The second kappa shape index (κ2) is 6.15. The third-order valence-electron chi connectivity index (χ3n) is 3.36. The number of H-pyrrole nitrogens is 1. The molecule has 1 aromatic heterocycles. The maximum atomic E-state index is 5.23. The van der Waals surface area contributed by atoms with Crippen molar-refractivity contribution in [3.8, 4) is 0 Å². The summed E-state index contributed by atoms with van der Waals surface area (Å²) in [4.78, 5) is 6.77. The highest BCUT2D eigenvalue weighted by molar-refractivity contribution is 5.30. The second-order valence-corrected chi connectivity index (χ2v) is 4.97. The van der Waals surface area contributed by atoms with E-state index in [9.17, 15) is 0 Å². The molecule has 0 saturated carbocycles. The average molecular weight is 253 g/mol. The number of ether oxygens (including phenoxy) is 1. The highest BCUT2D eigenvalue weighted by Gasteiger charge is 2.19. The fourth-order valence-electron chi connectivity index (χ4n) is 2.11. The first-order chi connectivity index (χ1) is 8.69. The van der Waals surface area contributed by atoms with Crippen molar-refractivity contribution < 1.29 is 4.74 Å². The number of nitrogens with one attached hydrogen (secondary N) is 2. The topological polar surface area (TPSA) is 66.1 Å². The lowest BCUT2D eigenvalue weighted by Gasteiger charge is -2.30. The van der Waals surface area contributed by atoms with Crippen LogP contribution in [0.25, 0.3) is 0 Å². The molecular weight excluding hydrogens is 230 g/mol. The van der Waals surface area contributed by atoms with Gasteiger partial charge in [-0.3, -0.25) is 5.10 Å². The van der Waals surface area contributed by atoms with Crippen LogP contribution < -0.4 is 10.2 Å². The molecule has 18 heavy (non-hydrogen) atoms. The third-order valence-corrected chi connectivity index (χ3v) is 3.36. The minimum Gasteiger partial charge on any atom is -0.382 e. The maximum Gasteiger partial charge on any atom is 0.244 e. The minimum atomic E-state index is 0.262. The van der Waals surface area contributed by atoms with Crippen molar-refractivity contribution in [3.05, 3.63) is 5.82 Å². The van der Waals surface area contributed by atoms with Crippen LogP contribution in [0.2, 0.25) is 0 Å². The number of methoxy groups -OCH3 is 1. The summed E-state index contributed by atoms with van der Waals surface area (Å²) in [6.07, 6.45) is 2.10. The molecule has 2 N–H and O–H groups in total. The summed E-state index contributed by atoms with van der Waals surface area (Å²) in [5, 5.41) is 10.7. The summed E-state index contributed by atoms with van der Waals surface area (Å²) < 4.78 is 5.23. The van der Waals surface area contributed by atoms with Crippen LogP contribution in [0.5, 0.6) is 0 Å². The highest BCUT2D eigenvalue weighted by atomic mass is 16.5. The highest BCUT2D eigenvalue weighted by Crippen LogP contribution is 2.11. The lowest BCUT2D eigenvalue weighted by molar-refractivity contribution is 0.111. The van der Waals surface area contributed by atoms with Gasteiger partial charge in [0.15, 0.2) is 0 Å². The van der Waals surface area contributed by atoms with Gasteiger partial charge in [-0.2, -0.15) is 4.98 Å². The van der Waals surface area contributed by atoms with Crippen molar-refractivity contribution in [1.82, 2.24) is 20.5 Å². The van der Waals surface area contributed by atoms with Gasteiger partial charge < -0.3 is 15.0 Å². The van der Waals surface area contributed by atoms with E-state index in [-0.39, 0.29) is 6.10 Å². The zero-order valence-corrected chi connectivity index (χ0v) is 11.4. The number of anilines is 1. The van der Waals surface area contributed by atoms with E-state index in [1.807, 2.05) is 0 Å². The van der Waals surface area contributed by atoms with Gasteiger partial charge in [-0.15, -0.1) is 5.10 Å². The van der Waals surface area contributed by atoms with Gasteiger partial charge in [0.2, 0.25) is 5.95 Å². The number of nitrogens with zero attached hydrogens (tertiary/aromatic N) is 3. The Morgan fingerprint density at radius 3 is 3.11 bits per heavy atom. The normalized spacial score (nSPS) is 22.2. The Hall–Kier alpha value is -1.14. The minimum absolute atomic E-state index is 0.262. The Morgan fingerprint density at radius 2 is 2.39 bits per heavy atom. The van der Waals surface area contributed by atoms with Crippen LogP contribution in [0.15, 0.2) is 0 Å². The van der Waals surface area contributed by atoms with E-state index in [4.69, 9.17) is 4.74 Å². The molecule has 1 fully saturated rings. The van der Waals surface area contributed by atoms with Crippen LogP contribution in [0.1, 0.15) is 26.1 Å². The monoisotopic (exact) mass is 253 g/mol. The number of hydrogen-bond donors (Lipinski definition) is 2. The molecule has 0 amide bonds. The van der Waals surface area contributed by atoms with Crippen LogP contribution in [0.4, 0.5) is 5.95 Å².